The topological polar surface area (TPSA) is 85.9 Å². The van der Waals surface area contributed by atoms with Gasteiger partial charge in [0.1, 0.15) is 10.7 Å². The third-order valence-corrected chi connectivity index (χ3v) is 7.55. The first kappa shape index (κ1) is 18.8. The van der Waals surface area contributed by atoms with Crippen LogP contribution in [0.4, 0.5) is 0 Å². The summed E-state index contributed by atoms with van der Waals surface area (Å²) in [5.74, 6) is 0.823. The van der Waals surface area contributed by atoms with Crippen molar-refractivity contribution < 1.29 is 8.42 Å². The summed E-state index contributed by atoms with van der Waals surface area (Å²) in [6.45, 7) is 6.43. The van der Waals surface area contributed by atoms with Crippen LogP contribution in [0.1, 0.15) is 29.5 Å². The van der Waals surface area contributed by atoms with Crippen molar-refractivity contribution in [2.75, 3.05) is 13.1 Å². The zero-order valence-corrected chi connectivity index (χ0v) is 17.3. The highest BCUT2D eigenvalue weighted by atomic mass is 32.2. The van der Waals surface area contributed by atoms with E-state index in [-0.39, 0.29) is 6.04 Å². The van der Waals surface area contributed by atoms with Gasteiger partial charge in [-0.3, -0.25) is 9.67 Å². The Morgan fingerprint density at radius 1 is 1.18 bits per heavy atom. The third-order valence-electron chi connectivity index (χ3n) is 5.43. The van der Waals surface area contributed by atoms with Gasteiger partial charge in [0.25, 0.3) is 0 Å². The summed E-state index contributed by atoms with van der Waals surface area (Å²) in [5.41, 5.74) is 3.14. The lowest BCUT2D eigenvalue weighted by atomic mass is 10.2. The number of pyridine rings is 1. The van der Waals surface area contributed by atoms with Crippen LogP contribution in [0, 0.1) is 20.8 Å². The molecule has 1 aliphatic rings. The van der Waals surface area contributed by atoms with E-state index in [1.54, 1.807) is 42.3 Å². The maximum Gasteiger partial charge on any atom is 0.246 e. The molecule has 0 spiro atoms. The molecule has 4 rings (SSSR count). The number of nitrogens with zero attached hydrogens (tertiary/aromatic N) is 6. The summed E-state index contributed by atoms with van der Waals surface area (Å²) in [6, 6.07) is 3.88. The number of hydrogen-bond acceptors (Lipinski definition) is 5. The fourth-order valence-corrected chi connectivity index (χ4v) is 5.90. The molecule has 1 aliphatic heterocycles. The Bertz CT molecular complexity index is 1120. The molecule has 3 aromatic heterocycles. The van der Waals surface area contributed by atoms with Crippen LogP contribution in [0.3, 0.4) is 0 Å². The lowest BCUT2D eigenvalue weighted by Gasteiger charge is -2.20. The van der Waals surface area contributed by atoms with Crippen LogP contribution in [-0.2, 0) is 17.1 Å². The minimum absolute atomic E-state index is 0.0322. The predicted molar refractivity (Wildman–Crippen MR) is 105 cm³/mol. The monoisotopic (exact) mass is 400 g/mol. The van der Waals surface area contributed by atoms with E-state index in [9.17, 15) is 8.42 Å². The van der Waals surface area contributed by atoms with E-state index in [1.807, 2.05) is 25.3 Å². The molecule has 28 heavy (non-hydrogen) atoms. The molecule has 1 unspecified atom stereocenters. The lowest BCUT2D eigenvalue weighted by Crippen LogP contribution is -2.30. The predicted octanol–water partition coefficient (Wildman–Crippen LogP) is 2.24. The second kappa shape index (κ2) is 6.82. The highest BCUT2D eigenvalue weighted by Crippen LogP contribution is 2.33. The zero-order chi connectivity index (χ0) is 20.1. The average molecular weight is 401 g/mol. The van der Waals surface area contributed by atoms with E-state index < -0.39 is 10.0 Å². The van der Waals surface area contributed by atoms with Gasteiger partial charge < -0.3 is 4.57 Å². The van der Waals surface area contributed by atoms with Gasteiger partial charge in [0.2, 0.25) is 10.0 Å². The first-order chi connectivity index (χ1) is 13.3. The molecule has 148 valence electrons. The number of imidazole rings is 1. The minimum Gasteiger partial charge on any atom is -0.324 e. The molecule has 0 saturated carbocycles. The van der Waals surface area contributed by atoms with Crippen molar-refractivity contribution in [3.8, 4) is 11.4 Å². The standard InChI is InChI=1S/C19H24N6O2S/c1-13-10-21-19(16-6-5-8-20-11-16)25(13)17-7-9-24(12-17)28(26,27)18-14(2)22-23(4)15(18)3/h5-6,8,10-11,17H,7,9,12H2,1-4H3. The van der Waals surface area contributed by atoms with Crippen molar-refractivity contribution in [3.63, 3.8) is 0 Å². The number of rotatable bonds is 4. The molecule has 4 heterocycles. The lowest BCUT2D eigenvalue weighted by molar-refractivity contribution is 0.450. The number of aromatic nitrogens is 5. The van der Waals surface area contributed by atoms with Crippen molar-refractivity contribution in [2.24, 2.45) is 7.05 Å². The van der Waals surface area contributed by atoms with E-state index in [0.717, 1.165) is 23.5 Å². The molecule has 0 bridgehead atoms. The first-order valence-corrected chi connectivity index (χ1v) is 10.7. The van der Waals surface area contributed by atoms with Crippen molar-refractivity contribution in [1.29, 1.82) is 0 Å². The summed E-state index contributed by atoms with van der Waals surface area (Å²) in [6.07, 6.45) is 6.08. The molecule has 0 N–H and O–H groups in total. The van der Waals surface area contributed by atoms with Gasteiger partial charge in [0, 0.05) is 50.0 Å². The summed E-state index contributed by atoms with van der Waals surface area (Å²) < 4.78 is 31.9. The van der Waals surface area contributed by atoms with Crippen molar-refractivity contribution in [1.82, 2.24) is 28.6 Å². The van der Waals surface area contributed by atoms with E-state index in [2.05, 4.69) is 19.6 Å². The molecule has 0 radical (unpaired) electrons. The van der Waals surface area contributed by atoms with Gasteiger partial charge in [0.05, 0.1) is 17.4 Å². The quantitative estimate of drug-likeness (QED) is 0.670. The van der Waals surface area contributed by atoms with Crippen molar-refractivity contribution >= 4 is 10.0 Å². The molecule has 3 aromatic rings. The molecule has 0 aromatic carbocycles. The van der Waals surface area contributed by atoms with Crippen LogP contribution < -0.4 is 0 Å². The molecule has 9 heteroatoms. The molecular formula is C19H24N6O2S. The van der Waals surface area contributed by atoms with E-state index in [0.29, 0.717) is 29.4 Å². The Balaban J connectivity index is 1.67. The van der Waals surface area contributed by atoms with Gasteiger partial charge in [-0.1, -0.05) is 0 Å². The smallest absolute Gasteiger partial charge is 0.246 e. The number of sulfonamides is 1. The fraction of sp³-hybridized carbons (Fsp3) is 0.421. The normalized spacial score (nSPS) is 18.1. The second-order valence-corrected chi connectivity index (χ2v) is 9.14. The van der Waals surface area contributed by atoms with Gasteiger partial charge in [-0.05, 0) is 39.3 Å². The van der Waals surface area contributed by atoms with Gasteiger partial charge in [-0.15, -0.1) is 0 Å². The van der Waals surface area contributed by atoms with Crippen LogP contribution >= 0.6 is 0 Å². The summed E-state index contributed by atoms with van der Waals surface area (Å²) in [5, 5.41) is 4.27. The highest BCUT2D eigenvalue weighted by molar-refractivity contribution is 7.89. The minimum atomic E-state index is -3.59. The van der Waals surface area contributed by atoms with E-state index in [1.165, 1.54) is 0 Å². The molecule has 0 aliphatic carbocycles. The largest absolute Gasteiger partial charge is 0.324 e. The second-order valence-electron chi connectivity index (χ2n) is 7.26. The molecule has 1 fully saturated rings. The van der Waals surface area contributed by atoms with Crippen LogP contribution in [0.5, 0.6) is 0 Å². The first-order valence-electron chi connectivity index (χ1n) is 9.25. The Kier molecular flexibility index (Phi) is 4.59. The van der Waals surface area contributed by atoms with Gasteiger partial charge in [-0.25, -0.2) is 13.4 Å². The van der Waals surface area contributed by atoms with E-state index >= 15 is 0 Å². The molecule has 1 saturated heterocycles. The Morgan fingerprint density at radius 3 is 2.61 bits per heavy atom. The van der Waals surface area contributed by atoms with Crippen LogP contribution in [0.15, 0.2) is 35.6 Å². The van der Waals surface area contributed by atoms with E-state index in [4.69, 9.17) is 0 Å². The maximum atomic E-state index is 13.3. The number of aryl methyl sites for hydroxylation is 3. The third kappa shape index (κ3) is 2.94. The molecular weight excluding hydrogens is 376 g/mol. The number of hydrogen-bond donors (Lipinski definition) is 0. The SMILES string of the molecule is Cc1nn(C)c(C)c1S(=O)(=O)N1CCC(n2c(C)cnc2-c2cccnc2)C1. The Labute approximate surface area is 164 Å². The molecule has 1 atom stereocenters. The fourth-order valence-electron chi connectivity index (χ4n) is 4.01. The summed E-state index contributed by atoms with van der Waals surface area (Å²) >= 11 is 0. The van der Waals surface area contributed by atoms with Gasteiger partial charge >= 0.3 is 0 Å². The van der Waals surface area contributed by atoms with Gasteiger partial charge in [0.15, 0.2) is 0 Å². The summed E-state index contributed by atoms with van der Waals surface area (Å²) in [7, 11) is -1.82. The summed E-state index contributed by atoms with van der Waals surface area (Å²) in [4.78, 5) is 9.06. The molecule has 8 nitrogen and oxygen atoms in total. The van der Waals surface area contributed by atoms with Gasteiger partial charge in [-0.2, -0.15) is 9.40 Å². The Hall–Kier alpha value is -2.52. The van der Waals surface area contributed by atoms with Crippen molar-refractivity contribution in [3.05, 3.63) is 47.8 Å². The highest BCUT2D eigenvalue weighted by Gasteiger charge is 2.37. The molecule has 0 amide bonds. The van der Waals surface area contributed by atoms with Crippen molar-refractivity contribution in [2.45, 2.75) is 38.1 Å². The van der Waals surface area contributed by atoms with Crippen LogP contribution in [-0.4, -0.2) is 50.1 Å². The van der Waals surface area contributed by atoms with Crippen LogP contribution in [0.2, 0.25) is 0 Å². The Morgan fingerprint density at radius 2 is 1.96 bits per heavy atom. The van der Waals surface area contributed by atoms with Crippen LogP contribution in [0.25, 0.3) is 11.4 Å². The average Bonchev–Trinajstić information content (AvgIpc) is 3.34. The zero-order valence-electron chi connectivity index (χ0n) is 16.5. The maximum absolute atomic E-state index is 13.3.